The molecule has 0 bridgehead atoms. The highest BCUT2D eigenvalue weighted by molar-refractivity contribution is 5.84. The molecule has 0 atom stereocenters. The van der Waals surface area contributed by atoms with Crippen molar-refractivity contribution in [1.82, 2.24) is 24.4 Å². The minimum Gasteiger partial charge on any atom is -0.367 e. The lowest BCUT2D eigenvalue weighted by Gasteiger charge is -2.30. The Morgan fingerprint density at radius 2 is 1.79 bits per heavy atom. The third-order valence-corrected chi connectivity index (χ3v) is 5.71. The number of imidazole rings is 1. The zero-order valence-electron chi connectivity index (χ0n) is 18.2. The van der Waals surface area contributed by atoms with Gasteiger partial charge in [0.05, 0.1) is 6.33 Å². The molecule has 1 fully saturated rings. The van der Waals surface area contributed by atoms with Crippen LogP contribution in [0.2, 0.25) is 0 Å². The van der Waals surface area contributed by atoms with E-state index in [1.165, 1.54) is 32.1 Å². The molecule has 0 aliphatic heterocycles. The molecule has 0 spiro atoms. The molecule has 1 saturated carbocycles. The van der Waals surface area contributed by atoms with Gasteiger partial charge in [-0.05, 0) is 47.5 Å². The molecule has 1 aliphatic rings. The number of nitrogens with one attached hydrogen (secondary N) is 2. The van der Waals surface area contributed by atoms with Gasteiger partial charge in [0, 0.05) is 37.8 Å². The molecule has 0 unspecified atom stereocenters. The number of fused-ring (bicyclic) bond motifs is 1. The zero-order chi connectivity index (χ0) is 20.1. The van der Waals surface area contributed by atoms with Crippen LogP contribution in [0.5, 0.6) is 0 Å². The molecule has 2 aromatic heterocycles. The summed E-state index contributed by atoms with van der Waals surface area (Å²) < 4.78 is 2.27. The van der Waals surface area contributed by atoms with Crippen LogP contribution in [0.4, 0.5) is 11.8 Å². The molecule has 0 amide bonds. The molecule has 2 heterocycles. The number of hydrogen-bond acceptors (Lipinski definition) is 6. The molecular formula is C21H37N7. The lowest BCUT2D eigenvalue weighted by atomic mass is 9.95. The Balaban J connectivity index is 1.83. The highest BCUT2D eigenvalue weighted by Crippen LogP contribution is 2.31. The van der Waals surface area contributed by atoms with Crippen molar-refractivity contribution in [3.05, 3.63) is 6.33 Å². The van der Waals surface area contributed by atoms with Gasteiger partial charge in [-0.1, -0.05) is 19.3 Å². The molecule has 0 aromatic carbocycles. The molecule has 3 rings (SSSR count). The van der Waals surface area contributed by atoms with E-state index in [-0.39, 0.29) is 0 Å². The fourth-order valence-electron chi connectivity index (χ4n) is 4.32. The van der Waals surface area contributed by atoms with Crippen LogP contribution in [0.3, 0.4) is 0 Å². The van der Waals surface area contributed by atoms with Crippen LogP contribution in [0.25, 0.3) is 11.2 Å². The first-order chi connectivity index (χ1) is 13.5. The second-order valence-corrected chi connectivity index (χ2v) is 8.39. The largest absolute Gasteiger partial charge is 0.367 e. The smallest absolute Gasteiger partial charge is 0.226 e. The summed E-state index contributed by atoms with van der Waals surface area (Å²) in [6.45, 7) is 13.7. The van der Waals surface area contributed by atoms with E-state index in [0.29, 0.717) is 24.1 Å². The molecule has 0 saturated heterocycles. The first-order valence-corrected chi connectivity index (χ1v) is 11.0. The lowest BCUT2D eigenvalue weighted by molar-refractivity contribution is 0.182. The maximum absolute atomic E-state index is 4.79. The van der Waals surface area contributed by atoms with Gasteiger partial charge in [-0.2, -0.15) is 9.97 Å². The van der Waals surface area contributed by atoms with Crippen molar-refractivity contribution in [2.45, 2.75) is 84.8 Å². The Morgan fingerprint density at radius 1 is 1.07 bits per heavy atom. The van der Waals surface area contributed by atoms with Gasteiger partial charge in [0.1, 0.15) is 0 Å². The first-order valence-electron chi connectivity index (χ1n) is 11.0. The quantitative estimate of drug-likeness (QED) is 0.669. The summed E-state index contributed by atoms with van der Waals surface area (Å²) in [6, 6.07) is 1.55. The Bertz CT molecular complexity index is 739. The predicted octanol–water partition coefficient (Wildman–Crippen LogP) is 4.29. The van der Waals surface area contributed by atoms with E-state index in [2.05, 4.69) is 54.7 Å². The van der Waals surface area contributed by atoms with Crippen molar-refractivity contribution >= 4 is 22.9 Å². The van der Waals surface area contributed by atoms with Crippen molar-refractivity contribution < 1.29 is 0 Å². The van der Waals surface area contributed by atoms with Crippen LogP contribution < -0.4 is 10.6 Å². The van der Waals surface area contributed by atoms with Gasteiger partial charge in [-0.15, -0.1) is 0 Å². The molecule has 0 radical (unpaired) electrons. The van der Waals surface area contributed by atoms with E-state index >= 15 is 0 Å². The normalized spacial score (nSPS) is 15.9. The van der Waals surface area contributed by atoms with Gasteiger partial charge in [-0.25, -0.2) is 4.98 Å². The van der Waals surface area contributed by atoms with E-state index in [1.807, 2.05) is 6.33 Å². The second kappa shape index (κ2) is 9.54. The van der Waals surface area contributed by atoms with Crippen molar-refractivity contribution in [3.63, 3.8) is 0 Å². The van der Waals surface area contributed by atoms with Gasteiger partial charge in [0.2, 0.25) is 5.95 Å². The zero-order valence-corrected chi connectivity index (χ0v) is 18.2. The Labute approximate surface area is 169 Å². The molecule has 7 nitrogen and oxygen atoms in total. The fraction of sp³-hybridized carbons (Fsp3) is 0.762. The Kier molecular flexibility index (Phi) is 7.10. The molecular weight excluding hydrogens is 350 g/mol. The van der Waals surface area contributed by atoms with Crippen LogP contribution in [-0.2, 0) is 0 Å². The minimum absolute atomic E-state index is 0.508. The number of hydrogen-bond donors (Lipinski definition) is 2. The van der Waals surface area contributed by atoms with Crippen LogP contribution in [0.15, 0.2) is 6.33 Å². The van der Waals surface area contributed by atoms with E-state index in [4.69, 9.17) is 15.0 Å². The molecule has 28 heavy (non-hydrogen) atoms. The van der Waals surface area contributed by atoms with E-state index < -0.39 is 0 Å². The average molecular weight is 388 g/mol. The summed E-state index contributed by atoms with van der Waals surface area (Å²) in [5, 5.41) is 6.82. The molecule has 156 valence electrons. The highest BCUT2D eigenvalue weighted by Gasteiger charge is 2.21. The topological polar surface area (TPSA) is 70.9 Å². The van der Waals surface area contributed by atoms with Gasteiger partial charge in [-0.3, -0.25) is 4.90 Å². The second-order valence-electron chi connectivity index (χ2n) is 8.39. The summed E-state index contributed by atoms with van der Waals surface area (Å²) in [5.74, 6) is 1.52. The third-order valence-electron chi connectivity index (χ3n) is 5.71. The fourth-order valence-corrected chi connectivity index (χ4v) is 4.32. The summed E-state index contributed by atoms with van der Waals surface area (Å²) in [4.78, 5) is 16.7. The van der Waals surface area contributed by atoms with Gasteiger partial charge < -0.3 is 15.2 Å². The minimum atomic E-state index is 0.508. The number of nitrogens with zero attached hydrogens (tertiary/aromatic N) is 5. The maximum Gasteiger partial charge on any atom is 0.226 e. The maximum atomic E-state index is 4.79. The van der Waals surface area contributed by atoms with Crippen LogP contribution in [0, 0.1) is 0 Å². The lowest BCUT2D eigenvalue weighted by Crippen LogP contribution is -2.40. The van der Waals surface area contributed by atoms with Crippen LogP contribution >= 0.6 is 0 Å². The van der Waals surface area contributed by atoms with Gasteiger partial charge in [0.25, 0.3) is 0 Å². The van der Waals surface area contributed by atoms with Crippen molar-refractivity contribution in [2.75, 3.05) is 30.3 Å². The van der Waals surface area contributed by atoms with Crippen LogP contribution in [-0.4, -0.2) is 56.1 Å². The van der Waals surface area contributed by atoms with E-state index in [0.717, 1.165) is 36.6 Å². The number of rotatable bonds is 9. The molecule has 2 N–H and O–H groups in total. The van der Waals surface area contributed by atoms with Crippen molar-refractivity contribution in [2.24, 2.45) is 0 Å². The summed E-state index contributed by atoms with van der Waals surface area (Å²) in [6.07, 6.45) is 8.32. The Morgan fingerprint density at radius 3 is 2.43 bits per heavy atom. The summed E-state index contributed by atoms with van der Waals surface area (Å²) >= 11 is 0. The summed E-state index contributed by atoms with van der Waals surface area (Å²) in [7, 11) is 0. The average Bonchev–Trinajstić information content (AvgIpc) is 3.09. The van der Waals surface area contributed by atoms with Crippen molar-refractivity contribution in [1.29, 1.82) is 0 Å². The van der Waals surface area contributed by atoms with Gasteiger partial charge >= 0.3 is 0 Å². The Hall–Kier alpha value is -1.89. The first kappa shape index (κ1) is 20.8. The third kappa shape index (κ3) is 4.74. The molecule has 1 aliphatic carbocycles. The predicted molar refractivity (Wildman–Crippen MR) is 117 cm³/mol. The van der Waals surface area contributed by atoms with E-state index in [9.17, 15) is 0 Å². The molecule has 7 heteroatoms. The highest BCUT2D eigenvalue weighted by atomic mass is 15.2. The summed E-state index contributed by atoms with van der Waals surface area (Å²) in [5.41, 5.74) is 1.83. The molecule has 2 aromatic rings. The number of aromatic nitrogens is 4. The number of anilines is 2. The van der Waals surface area contributed by atoms with Crippen LogP contribution in [0.1, 0.15) is 72.8 Å². The van der Waals surface area contributed by atoms with Gasteiger partial charge in [0.15, 0.2) is 17.0 Å². The SMILES string of the molecule is CCNc1nc(NCCN(C(C)C)C(C)C)c2ncn(C3CCCCC3)c2n1. The standard InChI is InChI=1S/C21H37N7/c1-6-22-21-25-19(23-12-13-27(15(2)3)16(4)5)18-20(26-21)28(14-24-18)17-10-8-7-9-11-17/h14-17H,6-13H2,1-5H3,(H2,22,23,25,26). The monoisotopic (exact) mass is 387 g/mol. The van der Waals surface area contributed by atoms with E-state index in [1.54, 1.807) is 0 Å². The van der Waals surface area contributed by atoms with Crippen molar-refractivity contribution in [3.8, 4) is 0 Å².